The second-order valence-corrected chi connectivity index (χ2v) is 6.17. The summed E-state index contributed by atoms with van der Waals surface area (Å²) in [4.78, 5) is 16.0. The molecular weight excluding hydrogens is 280 g/mol. The van der Waals surface area contributed by atoms with Gasteiger partial charge in [0.15, 0.2) is 0 Å². The zero-order valence-corrected chi connectivity index (χ0v) is 12.3. The van der Waals surface area contributed by atoms with Gasteiger partial charge in [-0.2, -0.15) is 0 Å². The molecule has 0 saturated heterocycles. The summed E-state index contributed by atoms with van der Waals surface area (Å²) >= 11 is 3.32. The molecule has 1 aromatic rings. The van der Waals surface area contributed by atoms with Gasteiger partial charge < -0.3 is 5.32 Å². The first-order valence-corrected chi connectivity index (χ1v) is 6.50. The van der Waals surface area contributed by atoms with E-state index >= 15 is 0 Å². The van der Waals surface area contributed by atoms with Crippen LogP contribution in [0.4, 0.5) is 0 Å². The summed E-state index contributed by atoms with van der Waals surface area (Å²) in [6.07, 6.45) is 1.62. The molecular formula is C13H19BrN2O. The Morgan fingerprint density at radius 2 is 2.18 bits per heavy atom. The summed E-state index contributed by atoms with van der Waals surface area (Å²) in [6.45, 7) is 9.29. The van der Waals surface area contributed by atoms with Crippen LogP contribution in [0.25, 0.3) is 0 Å². The summed E-state index contributed by atoms with van der Waals surface area (Å²) in [5, 5.41) is 2.91. The summed E-state index contributed by atoms with van der Waals surface area (Å²) in [5.41, 5.74) is 0.628. The monoisotopic (exact) mass is 298 g/mol. The molecule has 0 fully saturated rings. The first-order valence-electron chi connectivity index (χ1n) is 5.71. The molecule has 0 spiro atoms. The molecule has 0 aliphatic heterocycles. The standard InChI is InChI=1S/C13H19BrN2O/c1-9(13(2,3)4)8-16-12(17)11-10(14)6-5-7-15-11/h5-7,9H,8H2,1-4H3,(H,16,17). The van der Waals surface area contributed by atoms with Crippen LogP contribution >= 0.6 is 15.9 Å². The van der Waals surface area contributed by atoms with E-state index in [1.807, 2.05) is 6.07 Å². The van der Waals surface area contributed by atoms with Crippen LogP contribution in [-0.4, -0.2) is 17.4 Å². The van der Waals surface area contributed by atoms with Crippen LogP contribution in [-0.2, 0) is 0 Å². The topological polar surface area (TPSA) is 42.0 Å². The number of amides is 1. The maximum Gasteiger partial charge on any atom is 0.271 e. The highest BCUT2D eigenvalue weighted by molar-refractivity contribution is 9.10. The van der Waals surface area contributed by atoms with Crippen molar-refractivity contribution in [2.75, 3.05) is 6.54 Å². The van der Waals surface area contributed by atoms with Gasteiger partial charge in [-0.15, -0.1) is 0 Å². The van der Waals surface area contributed by atoms with Crippen LogP contribution in [0.5, 0.6) is 0 Å². The summed E-state index contributed by atoms with van der Waals surface area (Å²) in [5.74, 6) is 0.280. The number of pyridine rings is 1. The number of nitrogens with zero attached hydrogens (tertiary/aromatic N) is 1. The average Bonchev–Trinajstić information content (AvgIpc) is 2.24. The highest BCUT2D eigenvalue weighted by Crippen LogP contribution is 2.24. The van der Waals surface area contributed by atoms with E-state index in [0.717, 1.165) is 4.47 Å². The van der Waals surface area contributed by atoms with Gasteiger partial charge in [0.05, 0.1) is 0 Å². The molecule has 1 unspecified atom stereocenters. The third kappa shape index (κ3) is 4.11. The highest BCUT2D eigenvalue weighted by Gasteiger charge is 2.21. The maximum absolute atomic E-state index is 11.9. The Balaban J connectivity index is 2.60. The summed E-state index contributed by atoms with van der Waals surface area (Å²) in [6, 6.07) is 3.60. The predicted octanol–water partition coefficient (Wildman–Crippen LogP) is 3.26. The van der Waals surface area contributed by atoms with Gasteiger partial charge in [0.2, 0.25) is 0 Å². The van der Waals surface area contributed by atoms with E-state index < -0.39 is 0 Å². The van der Waals surface area contributed by atoms with E-state index in [2.05, 4.69) is 53.9 Å². The SMILES string of the molecule is CC(CNC(=O)c1ncccc1Br)C(C)(C)C. The van der Waals surface area contributed by atoms with Gasteiger partial charge in [-0.1, -0.05) is 27.7 Å². The molecule has 0 aliphatic rings. The third-order valence-electron chi connectivity index (χ3n) is 3.02. The Kier molecular flexibility index (Phi) is 4.69. The maximum atomic E-state index is 11.9. The molecule has 0 bridgehead atoms. The van der Waals surface area contributed by atoms with E-state index in [9.17, 15) is 4.79 Å². The number of carbonyl (C=O) groups is 1. The predicted molar refractivity (Wildman–Crippen MR) is 72.9 cm³/mol. The minimum Gasteiger partial charge on any atom is -0.350 e. The molecule has 1 aromatic heterocycles. The zero-order valence-electron chi connectivity index (χ0n) is 10.7. The lowest BCUT2D eigenvalue weighted by Gasteiger charge is -2.27. The Labute approximate surface area is 111 Å². The first kappa shape index (κ1) is 14.2. The number of hydrogen-bond acceptors (Lipinski definition) is 2. The van der Waals surface area contributed by atoms with Crippen LogP contribution in [0.1, 0.15) is 38.2 Å². The van der Waals surface area contributed by atoms with E-state index in [1.54, 1.807) is 12.3 Å². The lowest BCUT2D eigenvalue weighted by molar-refractivity contribution is 0.0931. The fourth-order valence-corrected chi connectivity index (χ4v) is 1.62. The van der Waals surface area contributed by atoms with Crippen molar-refractivity contribution >= 4 is 21.8 Å². The molecule has 1 rings (SSSR count). The van der Waals surface area contributed by atoms with Gasteiger partial charge in [-0.05, 0) is 39.4 Å². The van der Waals surface area contributed by atoms with Crippen molar-refractivity contribution in [1.82, 2.24) is 10.3 Å². The highest BCUT2D eigenvalue weighted by atomic mass is 79.9. The van der Waals surface area contributed by atoms with Crippen LogP contribution in [0.15, 0.2) is 22.8 Å². The number of aromatic nitrogens is 1. The molecule has 3 nitrogen and oxygen atoms in total. The second-order valence-electron chi connectivity index (χ2n) is 5.31. The Hall–Kier alpha value is -0.900. The lowest BCUT2D eigenvalue weighted by atomic mass is 9.82. The van der Waals surface area contributed by atoms with E-state index in [4.69, 9.17) is 0 Å². The number of halogens is 1. The second kappa shape index (κ2) is 5.63. The van der Waals surface area contributed by atoms with Crippen LogP contribution < -0.4 is 5.32 Å². The van der Waals surface area contributed by atoms with Crippen LogP contribution in [0, 0.1) is 11.3 Å². The molecule has 0 aliphatic carbocycles. The number of carbonyl (C=O) groups excluding carboxylic acids is 1. The Bertz CT molecular complexity index is 399. The normalized spacial score (nSPS) is 13.2. The zero-order chi connectivity index (χ0) is 13.1. The van der Waals surface area contributed by atoms with Crippen molar-refractivity contribution in [2.24, 2.45) is 11.3 Å². The van der Waals surface area contributed by atoms with Crippen molar-refractivity contribution in [2.45, 2.75) is 27.7 Å². The minimum absolute atomic E-state index is 0.131. The van der Waals surface area contributed by atoms with Gasteiger partial charge in [0.25, 0.3) is 5.91 Å². The summed E-state index contributed by atoms with van der Waals surface area (Å²) < 4.78 is 0.723. The molecule has 4 heteroatoms. The van der Waals surface area contributed by atoms with Crippen LogP contribution in [0.3, 0.4) is 0 Å². The van der Waals surface area contributed by atoms with Gasteiger partial charge in [-0.25, -0.2) is 4.98 Å². The van der Waals surface area contributed by atoms with E-state index in [0.29, 0.717) is 18.2 Å². The van der Waals surface area contributed by atoms with E-state index in [-0.39, 0.29) is 11.3 Å². The van der Waals surface area contributed by atoms with Gasteiger partial charge in [-0.3, -0.25) is 4.79 Å². The molecule has 1 atom stereocenters. The van der Waals surface area contributed by atoms with Crippen molar-refractivity contribution in [3.63, 3.8) is 0 Å². The molecule has 0 aromatic carbocycles. The van der Waals surface area contributed by atoms with E-state index in [1.165, 1.54) is 0 Å². The number of nitrogens with one attached hydrogen (secondary N) is 1. The van der Waals surface area contributed by atoms with Crippen molar-refractivity contribution in [3.05, 3.63) is 28.5 Å². The quantitative estimate of drug-likeness (QED) is 0.931. The Morgan fingerprint density at radius 3 is 2.71 bits per heavy atom. The minimum atomic E-state index is -0.131. The van der Waals surface area contributed by atoms with Gasteiger partial charge in [0.1, 0.15) is 5.69 Å². The molecule has 17 heavy (non-hydrogen) atoms. The third-order valence-corrected chi connectivity index (χ3v) is 3.66. The smallest absolute Gasteiger partial charge is 0.271 e. The first-order chi connectivity index (χ1) is 7.82. The largest absolute Gasteiger partial charge is 0.350 e. The van der Waals surface area contributed by atoms with Gasteiger partial charge >= 0.3 is 0 Å². The van der Waals surface area contributed by atoms with Gasteiger partial charge in [0, 0.05) is 17.2 Å². The number of rotatable bonds is 3. The number of hydrogen-bond donors (Lipinski definition) is 1. The van der Waals surface area contributed by atoms with Crippen molar-refractivity contribution in [1.29, 1.82) is 0 Å². The van der Waals surface area contributed by atoms with Crippen LogP contribution in [0.2, 0.25) is 0 Å². The Morgan fingerprint density at radius 1 is 1.53 bits per heavy atom. The fourth-order valence-electron chi connectivity index (χ4n) is 1.19. The lowest BCUT2D eigenvalue weighted by Crippen LogP contribution is -2.34. The fraction of sp³-hybridized carbons (Fsp3) is 0.538. The van der Waals surface area contributed by atoms with Crippen molar-refractivity contribution in [3.8, 4) is 0 Å². The average molecular weight is 299 g/mol. The summed E-state index contributed by atoms with van der Waals surface area (Å²) in [7, 11) is 0. The molecule has 1 heterocycles. The van der Waals surface area contributed by atoms with Crippen molar-refractivity contribution < 1.29 is 4.79 Å². The molecule has 0 radical (unpaired) electrons. The molecule has 1 amide bonds. The molecule has 0 saturated carbocycles. The molecule has 94 valence electrons. The molecule has 1 N–H and O–H groups in total.